The average Bonchev–Trinajstić information content (AvgIpc) is 2.91. The fourth-order valence-electron chi connectivity index (χ4n) is 3.73. The zero-order chi connectivity index (χ0) is 32.4. The third-order valence-corrected chi connectivity index (χ3v) is 6.69. The van der Waals surface area contributed by atoms with E-state index in [1.165, 1.54) is 0 Å². The number of nitrogens with zero attached hydrogens (tertiary/aromatic N) is 1. The summed E-state index contributed by atoms with van der Waals surface area (Å²) in [6.07, 6.45) is -2.38. The highest BCUT2D eigenvalue weighted by Crippen LogP contribution is 2.31. The van der Waals surface area contributed by atoms with Crippen LogP contribution < -0.4 is 31.7 Å². The fourth-order valence-corrected chi connectivity index (χ4v) is 4.49. The number of hydrogen-bond acceptors (Lipinski definition) is 11. The molecule has 0 radical (unpaired) electrons. The Bertz CT molecular complexity index is 1320. The minimum Gasteiger partial charge on any atom is -0.492 e. The lowest BCUT2D eigenvalue weighted by atomic mass is 10.1. The fraction of sp³-hybridized carbons (Fsp3) is 0.435. The van der Waals surface area contributed by atoms with E-state index in [1.807, 2.05) is 0 Å². The number of halogens is 1. The number of nitrogens with two attached hydrogens (primary N) is 1. The molecule has 234 valence electrons. The van der Waals surface area contributed by atoms with Crippen LogP contribution in [0.3, 0.4) is 0 Å². The molecule has 0 aliphatic carbocycles. The van der Waals surface area contributed by atoms with Crippen LogP contribution in [0.25, 0.3) is 0 Å². The molecule has 1 aliphatic rings. The summed E-state index contributed by atoms with van der Waals surface area (Å²) >= 11 is 1.64. The number of primary amides is 1. The van der Waals surface area contributed by atoms with Gasteiger partial charge in [0.2, 0.25) is 23.6 Å². The number of rotatable bonds is 10. The van der Waals surface area contributed by atoms with Crippen molar-refractivity contribution >= 4 is 69.8 Å². The van der Waals surface area contributed by atoms with Crippen LogP contribution in [0.1, 0.15) is 36.0 Å². The van der Waals surface area contributed by atoms with Crippen molar-refractivity contribution in [3.63, 3.8) is 0 Å². The van der Waals surface area contributed by atoms with E-state index in [-0.39, 0.29) is 9.32 Å². The molecule has 20 heteroatoms. The van der Waals surface area contributed by atoms with Gasteiger partial charge in [-0.1, -0.05) is 0 Å². The van der Waals surface area contributed by atoms with E-state index in [0.717, 1.165) is 12.1 Å². The molecule has 1 aromatic carbocycles. The molecule has 2 rings (SSSR count). The number of benzene rings is 1. The van der Waals surface area contributed by atoms with Gasteiger partial charge >= 0.3 is 11.9 Å². The Labute approximate surface area is 255 Å². The third kappa shape index (κ3) is 10.0. The van der Waals surface area contributed by atoms with Crippen LogP contribution in [-0.4, -0.2) is 99.1 Å². The lowest BCUT2D eigenvalue weighted by Gasteiger charge is -2.26. The first-order chi connectivity index (χ1) is 20.1. The number of non-ortho nitro benzene ring substituents is 1. The molecule has 0 fully saturated rings. The molecule has 4 atom stereocenters. The maximum absolute atomic E-state index is 13.2. The second-order valence-corrected chi connectivity index (χ2v) is 10.2. The lowest BCUT2D eigenvalue weighted by molar-refractivity contribution is -0.385. The highest BCUT2D eigenvalue weighted by molar-refractivity contribution is 14.1. The van der Waals surface area contributed by atoms with E-state index in [0.29, 0.717) is 0 Å². The highest BCUT2D eigenvalue weighted by Gasteiger charge is 2.33. The van der Waals surface area contributed by atoms with Gasteiger partial charge in [0.15, 0.2) is 0 Å². The number of carboxylic acid groups (broad SMARTS) is 2. The summed E-state index contributed by atoms with van der Waals surface area (Å²) in [6.45, 7) is -1.45. The van der Waals surface area contributed by atoms with Gasteiger partial charge in [-0.15, -0.1) is 0 Å². The number of fused-ring (bicyclic) bond motifs is 1. The number of amides is 5. The van der Waals surface area contributed by atoms with E-state index < -0.39 is 121 Å². The van der Waals surface area contributed by atoms with Crippen molar-refractivity contribution in [1.82, 2.24) is 21.3 Å². The minimum absolute atomic E-state index is 0.0659. The van der Waals surface area contributed by atoms with Crippen molar-refractivity contribution in [2.45, 2.75) is 49.9 Å². The molecule has 1 heterocycles. The van der Waals surface area contributed by atoms with Gasteiger partial charge in [-0.2, -0.15) is 0 Å². The number of carbonyl (C=O) groups is 7. The molecule has 9 N–H and O–H groups in total. The van der Waals surface area contributed by atoms with Gasteiger partial charge in [-0.05, 0) is 29.0 Å². The number of ether oxygens (including phenoxy) is 1. The van der Waals surface area contributed by atoms with Gasteiger partial charge in [0, 0.05) is 25.0 Å². The normalized spacial score (nSPS) is 20.0. The summed E-state index contributed by atoms with van der Waals surface area (Å²) in [5.74, 6) is -8.60. The molecule has 0 bridgehead atoms. The van der Waals surface area contributed by atoms with Crippen molar-refractivity contribution < 1.29 is 58.5 Å². The minimum atomic E-state index is -1.73. The first-order valence-corrected chi connectivity index (χ1v) is 13.4. The average molecular weight is 722 g/mol. The zero-order valence-corrected chi connectivity index (χ0v) is 24.2. The Morgan fingerprint density at radius 3 is 2.30 bits per heavy atom. The van der Waals surface area contributed by atoms with Gasteiger partial charge < -0.3 is 47.1 Å². The first-order valence-electron chi connectivity index (χ1n) is 12.3. The number of hydrogen-bond donors (Lipinski definition) is 8. The van der Waals surface area contributed by atoms with Crippen LogP contribution in [-0.2, 0) is 28.8 Å². The van der Waals surface area contributed by atoms with Crippen molar-refractivity contribution in [2.24, 2.45) is 5.73 Å². The standard InChI is InChI=1S/C23H27IN6O13/c24-11-6-9(30(41)42)5-10-18(11)43-4-3-13(22(39)28-14(19(25)36)7-17(34)35)27-23(40)15(8-31)29-21(38)12(26-20(10)37)1-2-16(32)33/h5-6,12-15,31H,1-4,7-8H2,(H2,25,36)(H,26,37)(H,27,40)(H,28,39)(H,29,38)(H,32,33)(H,34,35)/t12-,13-,14?,15-/m0/s1. The molecule has 0 saturated carbocycles. The maximum Gasteiger partial charge on any atom is 0.305 e. The largest absolute Gasteiger partial charge is 0.492 e. The molecule has 5 amide bonds. The van der Waals surface area contributed by atoms with Crippen LogP contribution in [0.4, 0.5) is 5.69 Å². The van der Waals surface area contributed by atoms with E-state index >= 15 is 0 Å². The molecular formula is C23H27IN6O13. The SMILES string of the molecule is NC(=O)C(CC(=O)O)NC(=O)[C@@H]1CCOc2c(I)cc([N+](=O)[O-])cc2C(=O)N[C@@H](CCC(=O)O)C(=O)N[C@@H](CO)C(=O)N1. The topological polar surface area (TPSA) is 307 Å². The summed E-state index contributed by atoms with van der Waals surface area (Å²) in [4.78, 5) is 96.7. The summed E-state index contributed by atoms with van der Waals surface area (Å²) in [5, 5.41) is 48.0. The molecular weight excluding hydrogens is 695 g/mol. The Balaban J connectivity index is 2.56. The van der Waals surface area contributed by atoms with Gasteiger partial charge in [0.05, 0.1) is 33.7 Å². The van der Waals surface area contributed by atoms with E-state index in [9.17, 15) is 48.8 Å². The molecule has 19 nitrogen and oxygen atoms in total. The number of aliphatic hydroxyl groups is 1. The molecule has 43 heavy (non-hydrogen) atoms. The molecule has 1 unspecified atom stereocenters. The summed E-state index contributed by atoms with van der Waals surface area (Å²) in [7, 11) is 0. The lowest BCUT2D eigenvalue weighted by Crippen LogP contribution is -2.59. The van der Waals surface area contributed by atoms with Gasteiger partial charge in [0.1, 0.15) is 29.9 Å². The number of nitro groups is 1. The monoisotopic (exact) mass is 722 g/mol. The molecule has 1 aliphatic heterocycles. The van der Waals surface area contributed by atoms with E-state index in [4.69, 9.17) is 20.7 Å². The Hall–Kier alpha value is -4.60. The molecule has 0 spiro atoms. The Kier molecular flexibility index (Phi) is 12.5. The Morgan fingerprint density at radius 2 is 1.74 bits per heavy atom. The second kappa shape index (κ2) is 15.6. The van der Waals surface area contributed by atoms with Crippen molar-refractivity contribution in [2.75, 3.05) is 13.2 Å². The third-order valence-electron chi connectivity index (χ3n) is 5.89. The summed E-state index contributed by atoms with van der Waals surface area (Å²) in [6, 6.07) is -4.65. The predicted octanol–water partition coefficient (Wildman–Crippen LogP) is -2.65. The first kappa shape index (κ1) is 34.6. The van der Waals surface area contributed by atoms with E-state index in [1.54, 1.807) is 22.6 Å². The van der Waals surface area contributed by atoms with Crippen LogP contribution in [0, 0.1) is 13.7 Å². The molecule has 0 aromatic heterocycles. The second-order valence-electron chi connectivity index (χ2n) is 9.02. The number of aliphatic carboxylic acids is 2. The van der Waals surface area contributed by atoms with Crippen molar-refractivity contribution in [3.8, 4) is 5.75 Å². The van der Waals surface area contributed by atoms with Crippen LogP contribution in [0.15, 0.2) is 12.1 Å². The highest BCUT2D eigenvalue weighted by atomic mass is 127. The van der Waals surface area contributed by atoms with Crippen LogP contribution in [0.5, 0.6) is 5.75 Å². The predicted molar refractivity (Wildman–Crippen MR) is 148 cm³/mol. The molecule has 1 aromatic rings. The quantitative estimate of drug-likeness (QED) is 0.0696. The number of aliphatic hydroxyl groups excluding tert-OH is 1. The Morgan fingerprint density at radius 1 is 1.09 bits per heavy atom. The summed E-state index contributed by atoms with van der Waals surface area (Å²) in [5.41, 5.74) is 4.23. The van der Waals surface area contributed by atoms with Gasteiger partial charge in [0.25, 0.3) is 11.6 Å². The maximum atomic E-state index is 13.2. The summed E-state index contributed by atoms with van der Waals surface area (Å²) < 4.78 is 5.73. The number of carbonyl (C=O) groups excluding carboxylic acids is 5. The van der Waals surface area contributed by atoms with Gasteiger partial charge in [-0.3, -0.25) is 43.7 Å². The number of nitro benzene ring substituents is 1. The van der Waals surface area contributed by atoms with E-state index in [2.05, 4.69) is 21.3 Å². The van der Waals surface area contributed by atoms with Crippen molar-refractivity contribution in [3.05, 3.63) is 31.4 Å². The number of nitrogens with one attached hydrogen (secondary N) is 4. The van der Waals surface area contributed by atoms with Crippen LogP contribution in [0.2, 0.25) is 0 Å². The van der Waals surface area contributed by atoms with Crippen LogP contribution >= 0.6 is 22.6 Å². The smallest absolute Gasteiger partial charge is 0.305 e. The number of carboxylic acids is 2. The molecule has 0 saturated heterocycles. The van der Waals surface area contributed by atoms with Crippen molar-refractivity contribution in [1.29, 1.82) is 0 Å². The van der Waals surface area contributed by atoms with Gasteiger partial charge in [-0.25, -0.2) is 0 Å². The zero-order valence-electron chi connectivity index (χ0n) is 22.0.